The highest BCUT2D eigenvalue weighted by Crippen LogP contribution is 2.17. The Morgan fingerprint density at radius 3 is 2.50 bits per heavy atom. The summed E-state index contributed by atoms with van der Waals surface area (Å²) < 4.78 is 0. The molecular formula is C9H17NO2. The van der Waals surface area contributed by atoms with Gasteiger partial charge in [0.15, 0.2) is 0 Å². The highest BCUT2D eigenvalue weighted by atomic mass is 16.3. The fourth-order valence-electron chi connectivity index (χ4n) is 1.79. The van der Waals surface area contributed by atoms with Crippen LogP contribution in [0.4, 0.5) is 0 Å². The number of hydrogen-bond donors (Lipinski definition) is 1. The summed E-state index contributed by atoms with van der Waals surface area (Å²) in [6, 6.07) is 0.328. The van der Waals surface area contributed by atoms with Crippen LogP contribution >= 0.6 is 0 Å². The molecule has 1 atom stereocenters. The van der Waals surface area contributed by atoms with Crippen molar-refractivity contribution in [3.05, 3.63) is 0 Å². The van der Waals surface area contributed by atoms with Gasteiger partial charge < -0.3 is 10.0 Å². The molecule has 0 aromatic carbocycles. The number of aliphatic hydroxyl groups excluding tert-OH is 1. The zero-order valence-corrected chi connectivity index (χ0v) is 7.79. The second kappa shape index (κ2) is 3.90. The van der Waals surface area contributed by atoms with E-state index in [1.807, 2.05) is 4.90 Å². The van der Waals surface area contributed by atoms with Gasteiger partial charge in [0.1, 0.15) is 0 Å². The molecule has 3 heteroatoms. The van der Waals surface area contributed by atoms with Crippen molar-refractivity contribution in [2.75, 3.05) is 6.54 Å². The molecule has 0 bridgehead atoms. The third-order valence-electron chi connectivity index (χ3n) is 2.52. The first kappa shape index (κ1) is 9.52. The van der Waals surface area contributed by atoms with Gasteiger partial charge in [0, 0.05) is 12.6 Å². The Balaban J connectivity index is 2.56. The van der Waals surface area contributed by atoms with Crippen LogP contribution in [0.2, 0.25) is 0 Å². The molecule has 0 spiro atoms. The standard InChI is InChI=1S/C9H17NO2/c1-3-7(4-2)10-6-8(11)5-9(10)12/h7-8,11H,3-6H2,1-2H3. The first-order valence-electron chi connectivity index (χ1n) is 4.66. The Morgan fingerprint density at radius 2 is 2.17 bits per heavy atom. The Labute approximate surface area is 73.4 Å². The van der Waals surface area contributed by atoms with Crippen LogP contribution in [0.25, 0.3) is 0 Å². The van der Waals surface area contributed by atoms with Crippen molar-refractivity contribution >= 4 is 5.91 Å². The Hall–Kier alpha value is -0.570. The van der Waals surface area contributed by atoms with E-state index in [0.29, 0.717) is 19.0 Å². The minimum atomic E-state index is -0.432. The SMILES string of the molecule is CCC(CC)N1CC(O)CC1=O. The monoisotopic (exact) mass is 171 g/mol. The van der Waals surface area contributed by atoms with Crippen LogP contribution < -0.4 is 0 Å². The van der Waals surface area contributed by atoms with Crippen molar-refractivity contribution in [3.8, 4) is 0 Å². The lowest BCUT2D eigenvalue weighted by Gasteiger charge is -2.25. The van der Waals surface area contributed by atoms with E-state index in [1.165, 1.54) is 0 Å². The van der Waals surface area contributed by atoms with Gasteiger partial charge in [-0.1, -0.05) is 13.8 Å². The molecule has 1 aliphatic heterocycles. The van der Waals surface area contributed by atoms with E-state index < -0.39 is 6.10 Å². The van der Waals surface area contributed by atoms with Crippen LogP contribution in [0.1, 0.15) is 33.1 Å². The maximum Gasteiger partial charge on any atom is 0.225 e. The third-order valence-corrected chi connectivity index (χ3v) is 2.52. The van der Waals surface area contributed by atoms with Crippen molar-refractivity contribution < 1.29 is 9.90 Å². The molecule has 0 radical (unpaired) electrons. The predicted octanol–water partition coefficient (Wildman–Crippen LogP) is 0.768. The van der Waals surface area contributed by atoms with E-state index in [2.05, 4.69) is 13.8 Å². The molecule has 3 nitrogen and oxygen atoms in total. The molecule has 1 rings (SSSR count). The van der Waals surface area contributed by atoms with Crippen LogP contribution in [-0.4, -0.2) is 34.6 Å². The maximum atomic E-state index is 11.3. The molecular weight excluding hydrogens is 154 g/mol. The van der Waals surface area contributed by atoms with Crippen molar-refractivity contribution in [2.24, 2.45) is 0 Å². The van der Waals surface area contributed by atoms with Crippen LogP contribution in [-0.2, 0) is 4.79 Å². The Bertz CT molecular complexity index is 166. The average Bonchev–Trinajstić information content (AvgIpc) is 2.34. The van der Waals surface area contributed by atoms with Crippen molar-refractivity contribution in [3.63, 3.8) is 0 Å². The smallest absolute Gasteiger partial charge is 0.225 e. The lowest BCUT2D eigenvalue weighted by atomic mass is 10.1. The molecule has 0 saturated carbocycles. The van der Waals surface area contributed by atoms with Gasteiger partial charge in [0.05, 0.1) is 12.5 Å². The highest BCUT2D eigenvalue weighted by molar-refractivity contribution is 5.79. The number of nitrogens with zero attached hydrogens (tertiary/aromatic N) is 1. The molecule has 1 amide bonds. The second-order valence-electron chi connectivity index (χ2n) is 3.37. The fourth-order valence-corrected chi connectivity index (χ4v) is 1.79. The largest absolute Gasteiger partial charge is 0.391 e. The van der Waals surface area contributed by atoms with Crippen molar-refractivity contribution in [2.45, 2.75) is 45.3 Å². The Kier molecular flexibility index (Phi) is 3.09. The van der Waals surface area contributed by atoms with Gasteiger partial charge in [-0.2, -0.15) is 0 Å². The number of β-amino-alcohol motifs (C(OH)–C–C–N with tert-alkyl or cyclic N) is 1. The van der Waals surface area contributed by atoms with E-state index in [-0.39, 0.29) is 5.91 Å². The molecule has 70 valence electrons. The van der Waals surface area contributed by atoms with Crippen LogP contribution in [0.3, 0.4) is 0 Å². The number of likely N-dealkylation sites (tertiary alicyclic amines) is 1. The van der Waals surface area contributed by atoms with E-state index in [4.69, 9.17) is 0 Å². The first-order valence-corrected chi connectivity index (χ1v) is 4.66. The molecule has 0 aliphatic carbocycles. The lowest BCUT2D eigenvalue weighted by Crippen LogP contribution is -2.36. The molecule has 1 unspecified atom stereocenters. The van der Waals surface area contributed by atoms with E-state index in [1.54, 1.807) is 0 Å². The minimum Gasteiger partial charge on any atom is -0.391 e. The molecule has 1 saturated heterocycles. The second-order valence-corrected chi connectivity index (χ2v) is 3.37. The zero-order valence-electron chi connectivity index (χ0n) is 7.79. The number of hydrogen-bond acceptors (Lipinski definition) is 2. The zero-order chi connectivity index (χ0) is 9.14. The van der Waals surface area contributed by atoms with Gasteiger partial charge in [-0.3, -0.25) is 4.79 Å². The molecule has 0 aromatic rings. The van der Waals surface area contributed by atoms with Gasteiger partial charge in [-0.25, -0.2) is 0 Å². The summed E-state index contributed by atoms with van der Waals surface area (Å²) in [5.41, 5.74) is 0. The van der Waals surface area contributed by atoms with Crippen molar-refractivity contribution in [1.82, 2.24) is 4.90 Å². The summed E-state index contributed by atoms with van der Waals surface area (Å²) in [5.74, 6) is 0.108. The third kappa shape index (κ3) is 1.78. The molecule has 0 aromatic heterocycles. The molecule has 1 aliphatic rings. The van der Waals surface area contributed by atoms with Gasteiger partial charge in [-0.05, 0) is 12.8 Å². The minimum absolute atomic E-state index is 0.108. The Morgan fingerprint density at radius 1 is 1.58 bits per heavy atom. The quantitative estimate of drug-likeness (QED) is 0.681. The lowest BCUT2D eigenvalue weighted by molar-refractivity contribution is -0.129. The summed E-state index contributed by atoms with van der Waals surface area (Å²) in [7, 11) is 0. The normalized spacial score (nSPS) is 24.2. The van der Waals surface area contributed by atoms with Crippen LogP contribution in [0.15, 0.2) is 0 Å². The number of amides is 1. The maximum absolute atomic E-state index is 11.3. The van der Waals surface area contributed by atoms with E-state index in [0.717, 1.165) is 12.8 Å². The fraction of sp³-hybridized carbons (Fsp3) is 0.889. The van der Waals surface area contributed by atoms with Gasteiger partial charge in [0.2, 0.25) is 5.91 Å². The topological polar surface area (TPSA) is 40.5 Å². The summed E-state index contributed by atoms with van der Waals surface area (Å²) in [6.07, 6.45) is 1.85. The van der Waals surface area contributed by atoms with Crippen LogP contribution in [0, 0.1) is 0 Å². The molecule has 1 N–H and O–H groups in total. The average molecular weight is 171 g/mol. The van der Waals surface area contributed by atoms with Gasteiger partial charge >= 0.3 is 0 Å². The summed E-state index contributed by atoms with van der Waals surface area (Å²) in [4.78, 5) is 13.1. The van der Waals surface area contributed by atoms with Gasteiger partial charge in [0.25, 0.3) is 0 Å². The summed E-state index contributed by atoms with van der Waals surface area (Å²) in [5, 5.41) is 9.25. The van der Waals surface area contributed by atoms with E-state index >= 15 is 0 Å². The van der Waals surface area contributed by atoms with Crippen LogP contribution in [0.5, 0.6) is 0 Å². The predicted molar refractivity (Wildman–Crippen MR) is 46.7 cm³/mol. The molecule has 1 heterocycles. The van der Waals surface area contributed by atoms with E-state index in [9.17, 15) is 9.90 Å². The first-order chi connectivity index (χ1) is 5.69. The molecule has 12 heavy (non-hydrogen) atoms. The van der Waals surface area contributed by atoms with Crippen molar-refractivity contribution in [1.29, 1.82) is 0 Å². The number of carbonyl (C=O) groups excluding carboxylic acids is 1. The summed E-state index contributed by atoms with van der Waals surface area (Å²) >= 11 is 0. The highest BCUT2D eigenvalue weighted by Gasteiger charge is 2.31. The number of aliphatic hydroxyl groups is 1. The van der Waals surface area contributed by atoms with Gasteiger partial charge in [-0.15, -0.1) is 0 Å². The number of rotatable bonds is 3. The molecule has 1 fully saturated rings. The summed E-state index contributed by atoms with van der Waals surface area (Å²) in [6.45, 7) is 4.68. The number of carbonyl (C=O) groups is 1.